The van der Waals surface area contributed by atoms with Crippen molar-refractivity contribution in [3.05, 3.63) is 35.9 Å². The van der Waals surface area contributed by atoms with Gasteiger partial charge in [-0.3, -0.25) is 0 Å². The Morgan fingerprint density at radius 2 is 1.58 bits per heavy atom. The predicted octanol–water partition coefficient (Wildman–Crippen LogP) is 0.753. The summed E-state index contributed by atoms with van der Waals surface area (Å²) in [6.07, 6.45) is -2.71. The number of ether oxygens (including phenoxy) is 3. The van der Waals surface area contributed by atoms with E-state index in [9.17, 15) is 20.1 Å². The SMILES string of the molecule is O=C(O[C@@H]1[C@@H](O)[C@H](O)[C@@H](O)[C@H]2OC3(CCCCC3)O[C@H]21)c1ccccc1. The van der Waals surface area contributed by atoms with Crippen LogP contribution >= 0.6 is 0 Å². The quantitative estimate of drug-likeness (QED) is 0.665. The fourth-order valence-electron chi connectivity index (χ4n) is 4.19. The first-order valence-corrected chi connectivity index (χ1v) is 9.17. The standard InChI is InChI=1S/C19H24O7/c20-12-13(21)15(24-18(23)11-7-3-1-4-8-11)17-16(14(12)22)25-19(26-17)9-5-2-6-10-19/h1,3-4,7-8,12-17,20-22H,2,5-6,9-10H2/t12-,13-,14+,15+,16+,17-/m0/s1. The van der Waals surface area contributed by atoms with Crippen LogP contribution in [-0.2, 0) is 14.2 Å². The van der Waals surface area contributed by atoms with Crippen LogP contribution in [0.3, 0.4) is 0 Å². The van der Waals surface area contributed by atoms with Gasteiger partial charge in [0.15, 0.2) is 11.9 Å². The van der Waals surface area contributed by atoms with E-state index < -0.39 is 48.4 Å². The summed E-state index contributed by atoms with van der Waals surface area (Å²) in [5.74, 6) is -1.46. The molecule has 142 valence electrons. The van der Waals surface area contributed by atoms with Gasteiger partial charge in [0.05, 0.1) is 5.56 Å². The molecule has 0 radical (unpaired) electrons. The fraction of sp³-hybridized carbons (Fsp3) is 0.632. The van der Waals surface area contributed by atoms with Gasteiger partial charge in [0.2, 0.25) is 0 Å². The van der Waals surface area contributed by atoms with Gasteiger partial charge in [0, 0.05) is 12.8 Å². The lowest BCUT2D eigenvalue weighted by Gasteiger charge is -2.40. The number of hydrogen-bond donors (Lipinski definition) is 3. The van der Waals surface area contributed by atoms with Gasteiger partial charge >= 0.3 is 5.97 Å². The second-order valence-corrected chi connectivity index (χ2v) is 7.34. The fourth-order valence-corrected chi connectivity index (χ4v) is 4.19. The Morgan fingerprint density at radius 1 is 0.923 bits per heavy atom. The van der Waals surface area contributed by atoms with Gasteiger partial charge in [0.25, 0.3) is 0 Å². The minimum absolute atomic E-state index is 0.336. The van der Waals surface area contributed by atoms with E-state index in [0.717, 1.165) is 19.3 Å². The molecule has 7 nitrogen and oxygen atoms in total. The molecular weight excluding hydrogens is 340 g/mol. The molecule has 3 fully saturated rings. The molecule has 0 unspecified atom stereocenters. The van der Waals surface area contributed by atoms with Gasteiger partial charge in [-0.25, -0.2) is 4.79 Å². The highest BCUT2D eigenvalue weighted by molar-refractivity contribution is 5.89. The second-order valence-electron chi connectivity index (χ2n) is 7.34. The van der Waals surface area contributed by atoms with Crippen molar-refractivity contribution in [1.29, 1.82) is 0 Å². The maximum absolute atomic E-state index is 12.4. The van der Waals surface area contributed by atoms with Gasteiger partial charge in [-0.1, -0.05) is 24.6 Å². The summed E-state index contributed by atoms with van der Waals surface area (Å²) < 4.78 is 17.6. The molecule has 6 atom stereocenters. The van der Waals surface area contributed by atoms with E-state index in [1.807, 2.05) is 0 Å². The van der Waals surface area contributed by atoms with Crippen molar-refractivity contribution in [1.82, 2.24) is 0 Å². The first kappa shape index (κ1) is 17.9. The molecule has 0 amide bonds. The number of rotatable bonds is 2. The third-order valence-corrected chi connectivity index (χ3v) is 5.59. The van der Waals surface area contributed by atoms with Crippen LogP contribution < -0.4 is 0 Å². The number of esters is 1. The van der Waals surface area contributed by atoms with Crippen molar-refractivity contribution >= 4 is 5.97 Å². The zero-order chi connectivity index (χ0) is 18.3. The average molecular weight is 364 g/mol. The van der Waals surface area contributed by atoms with Crippen LogP contribution in [0.4, 0.5) is 0 Å². The summed E-state index contributed by atoms with van der Waals surface area (Å²) in [6, 6.07) is 8.41. The molecular formula is C19H24O7. The highest BCUT2D eigenvalue weighted by Crippen LogP contribution is 2.45. The molecule has 1 heterocycles. The van der Waals surface area contributed by atoms with E-state index in [0.29, 0.717) is 18.4 Å². The number of carbonyl (C=O) groups is 1. The third kappa shape index (κ3) is 3.04. The van der Waals surface area contributed by atoms with Crippen LogP contribution in [-0.4, -0.2) is 63.7 Å². The van der Waals surface area contributed by atoms with E-state index in [1.54, 1.807) is 30.3 Å². The predicted molar refractivity (Wildman–Crippen MR) is 89.2 cm³/mol. The maximum atomic E-state index is 12.4. The maximum Gasteiger partial charge on any atom is 0.338 e. The summed E-state index contributed by atoms with van der Waals surface area (Å²) in [5.41, 5.74) is 0.336. The summed E-state index contributed by atoms with van der Waals surface area (Å²) in [7, 11) is 0. The lowest BCUT2D eigenvalue weighted by molar-refractivity contribution is -0.203. The van der Waals surface area contributed by atoms with E-state index >= 15 is 0 Å². The molecule has 3 aliphatic rings. The van der Waals surface area contributed by atoms with E-state index in [2.05, 4.69) is 0 Å². The van der Waals surface area contributed by atoms with Gasteiger partial charge in [-0.15, -0.1) is 0 Å². The van der Waals surface area contributed by atoms with E-state index in [1.165, 1.54) is 0 Å². The molecule has 4 rings (SSSR count). The molecule has 0 bridgehead atoms. The molecule has 1 saturated heterocycles. The highest BCUT2D eigenvalue weighted by Gasteiger charge is 2.61. The molecule has 3 N–H and O–H groups in total. The molecule has 0 aromatic heterocycles. The molecule has 2 aliphatic carbocycles. The number of benzene rings is 1. The molecule has 1 aromatic carbocycles. The number of carbonyl (C=O) groups excluding carboxylic acids is 1. The zero-order valence-corrected chi connectivity index (χ0v) is 14.4. The Morgan fingerprint density at radius 3 is 2.27 bits per heavy atom. The van der Waals surface area contributed by atoms with Crippen LogP contribution in [0.1, 0.15) is 42.5 Å². The molecule has 26 heavy (non-hydrogen) atoms. The van der Waals surface area contributed by atoms with E-state index in [4.69, 9.17) is 14.2 Å². The summed E-state index contributed by atoms with van der Waals surface area (Å²) in [5, 5.41) is 31.0. The van der Waals surface area contributed by atoms with Crippen LogP contribution in [0, 0.1) is 0 Å². The minimum Gasteiger partial charge on any atom is -0.453 e. The van der Waals surface area contributed by atoms with Gasteiger partial charge in [-0.2, -0.15) is 0 Å². The van der Waals surface area contributed by atoms with Crippen molar-refractivity contribution in [2.45, 2.75) is 74.5 Å². The Balaban J connectivity index is 1.57. The number of aliphatic hydroxyl groups excluding tert-OH is 3. The van der Waals surface area contributed by atoms with Gasteiger partial charge in [0.1, 0.15) is 30.5 Å². The summed E-state index contributed by atoms with van der Waals surface area (Å²) in [4.78, 5) is 12.4. The van der Waals surface area contributed by atoms with Gasteiger partial charge in [-0.05, 0) is 25.0 Å². The Labute approximate surface area is 151 Å². The van der Waals surface area contributed by atoms with Crippen molar-refractivity contribution in [3.8, 4) is 0 Å². The van der Waals surface area contributed by atoms with Crippen molar-refractivity contribution in [2.24, 2.45) is 0 Å². The normalized spacial score (nSPS) is 38.7. The lowest BCUT2D eigenvalue weighted by atomic mass is 9.85. The van der Waals surface area contributed by atoms with Crippen molar-refractivity contribution < 1.29 is 34.3 Å². The number of aliphatic hydroxyl groups is 3. The number of hydrogen-bond acceptors (Lipinski definition) is 7. The molecule has 1 spiro atoms. The molecule has 1 aliphatic heterocycles. The van der Waals surface area contributed by atoms with Crippen LogP contribution in [0.5, 0.6) is 0 Å². The van der Waals surface area contributed by atoms with Crippen LogP contribution in [0.25, 0.3) is 0 Å². The van der Waals surface area contributed by atoms with Crippen molar-refractivity contribution in [2.75, 3.05) is 0 Å². The van der Waals surface area contributed by atoms with Crippen molar-refractivity contribution in [3.63, 3.8) is 0 Å². The van der Waals surface area contributed by atoms with Gasteiger partial charge < -0.3 is 29.5 Å². The molecule has 7 heteroatoms. The molecule has 1 aromatic rings. The second kappa shape index (κ2) is 6.90. The third-order valence-electron chi connectivity index (χ3n) is 5.59. The topological polar surface area (TPSA) is 105 Å². The Kier molecular flexibility index (Phi) is 4.75. The minimum atomic E-state index is -1.48. The monoisotopic (exact) mass is 364 g/mol. The Bertz CT molecular complexity index is 643. The zero-order valence-electron chi connectivity index (χ0n) is 14.4. The first-order chi connectivity index (χ1) is 12.5. The smallest absolute Gasteiger partial charge is 0.338 e. The molecule has 2 saturated carbocycles. The lowest BCUT2D eigenvalue weighted by Crippen LogP contribution is -2.63. The van der Waals surface area contributed by atoms with Crippen LogP contribution in [0.15, 0.2) is 30.3 Å². The van der Waals surface area contributed by atoms with E-state index in [-0.39, 0.29) is 0 Å². The van der Waals surface area contributed by atoms with Crippen LogP contribution in [0.2, 0.25) is 0 Å². The highest BCUT2D eigenvalue weighted by atomic mass is 16.8. The number of fused-ring (bicyclic) bond motifs is 1. The largest absolute Gasteiger partial charge is 0.453 e. The average Bonchev–Trinajstić information content (AvgIpc) is 3.03. The first-order valence-electron chi connectivity index (χ1n) is 9.17. The Hall–Kier alpha value is -1.51. The summed E-state index contributed by atoms with van der Waals surface area (Å²) in [6.45, 7) is 0. The summed E-state index contributed by atoms with van der Waals surface area (Å²) >= 11 is 0.